The third-order valence-corrected chi connectivity index (χ3v) is 2.06. The van der Waals surface area contributed by atoms with E-state index in [0.29, 0.717) is 19.4 Å². The third kappa shape index (κ3) is 5.00. The second-order valence-corrected chi connectivity index (χ2v) is 3.22. The number of ether oxygens (including phenoxy) is 1. The van der Waals surface area contributed by atoms with Crippen LogP contribution in [0.2, 0.25) is 0 Å². The molecule has 0 aromatic carbocycles. The fourth-order valence-electron chi connectivity index (χ4n) is 1.20. The van der Waals surface area contributed by atoms with E-state index in [4.69, 9.17) is 0 Å². The van der Waals surface area contributed by atoms with Gasteiger partial charge in [-0.05, 0) is 25.8 Å². The Morgan fingerprint density at radius 2 is 2.07 bits per heavy atom. The molecule has 0 radical (unpaired) electrons. The quantitative estimate of drug-likeness (QED) is 0.489. The molecular formula is C11H19FO2. The molecule has 0 bridgehead atoms. The maximum atomic E-state index is 13.8. The van der Waals surface area contributed by atoms with Crippen molar-refractivity contribution >= 4 is 5.97 Å². The lowest BCUT2D eigenvalue weighted by Gasteiger charge is -2.18. The predicted octanol–water partition coefficient (Wildman–Crippen LogP) is 3.02. The van der Waals surface area contributed by atoms with Gasteiger partial charge >= 0.3 is 5.97 Å². The molecule has 0 aliphatic heterocycles. The molecule has 0 saturated carbocycles. The normalized spacial score (nSPS) is 15.4. The summed E-state index contributed by atoms with van der Waals surface area (Å²) in [4.78, 5) is 10.9. The van der Waals surface area contributed by atoms with Crippen molar-refractivity contribution in [3.05, 3.63) is 12.2 Å². The number of alkyl halides is 1. The lowest BCUT2D eigenvalue weighted by molar-refractivity contribution is -0.137. The van der Waals surface area contributed by atoms with Crippen LogP contribution in [0.5, 0.6) is 0 Å². The summed E-state index contributed by atoms with van der Waals surface area (Å²) < 4.78 is 18.5. The molecule has 82 valence electrons. The van der Waals surface area contributed by atoms with Gasteiger partial charge in [0.2, 0.25) is 0 Å². The van der Waals surface area contributed by atoms with Crippen molar-refractivity contribution in [3.63, 3.8) is 0 Å². The number of hydrogen-bond acceptors (Lipinski definition) is 2. The first-order chi connectivity index (χ1) is 6.58. The van der Waals surface area contributed by atoms with Crippen molar-refractivity contribution < 1.29 is 13.9 Å². The van der Waals surface area contributed by atoms with Crippen LogP contribution in [-0.2, 0) is 9.53 Å². The van der Waals surface area contributed by atoms with E-state index in [1.807, 2.05) is 6.92 Å². The van der Waals surface area contributed by atoms with E-state index in [1.165, 1.54) is 12.2 Å². The molecule has 0 rings (SSSR count). The van der Waals surface area contributed by atoms with Gasteiger partial charge in [-0.15, -0.1) is 0 Å². The van der Waals surface area contributed by atoms with Crippen molar-refractivity contribution in [1.82, 2.24) is 0 Å². The highest BCUT2D eigenvalue weighted by Gasteiger charge is 2.22. The minimum Gasteiger partial charge on any atom is -0.463 e. The van der Waals surface area contributed by atoms with Crippen LogP contribution in [0.4, 0.5) is 4.39 Å². The summed E-state index contributed by atoms with van der Waals surface area (Å²) in [6.45, 7) is 5.73. The van der Waals surface area contributed by atoms with Crippen LogP contribution in [0.25, 0.3) is 0 Å². The molecule has 0 aromatic heterocycles. The van der Waals surface area contributed by atoms with Crippen molar-refractivity contribution in [2.45, 2.75) is 45.7 Å². The molecule has 0 saturated heterocycles. The Balaban J connectivity index is 4.21. The number of rotatable bonds is 6. The molecule has 0 aliphatic rings. The number of esters is 1. The van der Waals surface area contributed by atoms with Gasteiger partial charge in [0, 0.05) is 6.08 Å². The largest absolute Gasteiger partial charge is 0.463 e. The fourth-order valence-corrected chi connectivity index (χ4v) is 1.20. The highest BCUT2D eigenvalue weighted by atomic mass is 19.1. The Kier molecular flexibility index (Phi) is 6.17. The van der Waals surface area contributed by atoms with E-state index in [2.05, 4.69) is 4.74 Å². The predicted molar refractivity (Wildman–Crippen MR) is 54.8 cm³/mol. The Morgan fingerprint density at radius 1 is 1.43 bits per heavy atom. The summed E-state index contributed by atoms with van der Waals surface area (Å²) in [5.41, 5.74) is -1.36. The van der Waals surface area contributed by atoms with E-state index in [9.17, 15) is 9.18 Å². The zero-order chi connectivity index (χ0) is 11.0. The van der Waals surface area contributed by atoms with Crippen LogP contribution in [-0.4, -0.2) is 18.2 Å². The van der Waals surface area contributed by atoms with Crippen molar-refractivity contribution in [1.29, 1.82) is 0 Å². The van der Waals surface area contributed by atoms with Gasteiger partial charge < -0.3 is 4.74 Å². The van der Waals surface area contributed by atoms with Crippen LogP contribution < -0.4 is 0 Å². The monoisotopic (exact) mass is 202 g/mol. The highest BCUT2D eigenvalue weighted by molar-refractivity contribution is 5.82. The molecule has 2 nitrogen and oxygen atoms in total. The number of hydrogen-bond donors (Lipinski definition) is 0. The second-order valence-electron chi connectivity index (χ2n) is 3.22. The van der Waals surface area contributed by atoms with Crippen molar-refractivity contribution in [2.24, 2.45) is 0 Å². The lowest BCUT2D eigenvalue weighted by atomic mass is 9.96. The first-order valence-electron chi connectivity index (χ1n) is 5.13. The molecule has 0 amide bonds. The molecule has 14 heavy (non-hydrogen) atoms. The van der Waals surface area contributed by atoms with E-state index in [0.717, 1.165) is 6.42 Å². The van der Waals surface area contributed by atoms with Gasteiger partial charge in [-0.25, -0.2) is 9.18 Å². The van der Waals surface area contributed by atoms with Crippen LogP contribution in [0, 0.1) is 0 Å². The number of halogens is 1. The van der Waals surface area contributed by atoms with Crippen LogP contribution in [0.15, 0.2) is 12.2 Å². The summed E-state index contributed by atoms with van der Waals surface area (Å²) in [5, 5.41) is 0. The van der Waals surface area contributed by atoms with E-state index >= 15 is 0 Å². The van der Waals surface area contributed by atoms with Gasteiger partial charge in [0.15, 0.2) is 0 Å². The SMILES string of the molecule is CCCC(F)(/C=C/C(=O)OCC)CC. The Morgan fingerprint density at radius 3 is 2.50 bits per heavy atom. The van der Waals surface area contributed by atoms with E-state index in [1.54, 1.807) is 13.8 Å². The minimum atomic E-state index is -1.36. The third-order valence-electron chi connectivity index (χ3n) is 2.06. The first-order valence-corrected chi connectivity index (χ1v) is 5.13. The molecule has 0 fully saturated rings. The summed E-state index contributed by atoms with van der Waals surface area (Å²) in [5.74, 6) is -0.473. The van der Waals surface area contributed by atoms with E-state index < -0.39 is 11.6 Å². The van der Waals surface area contributed by atoms with E-state index in [-0.39, 0.29) is 0 Å². The molecule has 3 heteroatoms. The maximum Gasteiger partial charge on any atom is 0.330 e. The topological polar surface area (TPSA) is 26.3 Å². The number of carbonyl (C=O) groups is 1. The molecule has 1 unspecified atom stereocenters. The molecule has 0 N–H and O–H groups in total. The zero-order valence-corrected chi connectivity index (χ0v) is 9.18. The highest BCUT2D eigenvalue weighted by Crippen LogP contribution is 2.23. The minimum absolute atomic E-state index is 0.322. The molecule has 1 atom stereocenters. The van der Waals surface area contributed by atoms with Gasteiger partial charge in [-0.2, -0.15) is 0 Å². The van der Waals surface area contributed by atoms with Crippen molar-refractivity contribution in [3.8, 4) is 0 Å². The molecule has 0 aromatic rings. The van der Waals surface area contributed by atoms with Crippen molar-refractivity contribution in [2.75, 3.05) is 6.61 Å². The van der Waals surface area contributed by atoms with Crippen LogP contribution in [0.1, 0.15) is 40.0 Å². The molecule has 0 aliphatic carbocycles. The Labute approximate surface area is 85.1 Å². The summed E-state index contributed by atoms with van der Waals surface area (Å²) >= 11 is 0. The first kappa shape index (κ1) is 13.1. The molecular weight excluding hydrogens is 183 g/mol. The Hall–Kier alpha value is -0.860. The van der Waals surface area contributed by atoms with Gasteiger partial charge in [0.25, 0.3) is 0 Å². The maximum absolute atomic E-state index is 13.8. The zero-order valence-electron chi connectivity index (χ0n) is 9.18. The second kappa shape index (κ2) is 6.57. The number of allylic oxidation sites excluding steroid dienone is 1. The Bertz CT molecular complexity index is 201. The summed E-state index contributed by atoms with van der Waals surface area (Å²) in [6, 6.07) is 0. The lowest BCUT2D eigenvalue weighted by Crippen LogP contribution is -2.18. The average molecular weight is 202 g/mol. The average Bonchev–Trinajstić information content (AvgIpc) is 2.16. The number of carbonyl (C=O) groups excluding carboxylic acids is 1. The summed E-state index contributed by atoms with van der Waals surface area (Å²) in [6.07, 6.45) is 4.09. The summed E-state index contributed by atoms with van der Waals surface area (Å²) in [7, 11) is 0. The van der Waals surface area contributed by atoms with Gasteiger partial charge in [0.05, 0.1) is 6.61 Å². The van der Waals surface area contributed by atoms with Crippen LogP contribution in [0.3, 0.4) is 0 Å². The smallest absolute Gasteiger partial charge is 0.330 e. The van der Waals surface area contributed by atoms with Crippen LogP contribution >= 0.6 is 0 Å². The van der Waals surface area contributed by atoms with Gasteiger partial charge in [0.1, 0.15) is 5.67 Å². The van der Waals surface area contributed by atoms with Gasteiger partial charge in [-0.1, -0.05) is 20.3 Å². The standard InChI is InChI=1S/C11H19FO2/c1-4-8-11(12,5-2)9-7-10(13)14-6-3/h7,9H,4-6,8H2,1-3H3/b9-7+. The molecule has 0 spiro atoms. The fraction of sp³-hybridized carbons (Fsp3) is 0.727. The van der Waals surface area contributed by atoms with Gasteiger partial charge in [-0.3, -0.25) is 0 Å². The molecule has 0 heterocycles.